The van der Waals surface area contributed by atoms with E-state index in [9.17, 15) is 13.2 Å². The first kappa shape index (κ1) is 20.0. The smallest absolute Gasteiger partial charge is 0.242 e. The fourth-order valence-corrected chi connectivity index (χ4v) is 4.03. The molecule has 3 nitrogen and oxygen atoms in total. The van der Waals surface area contributed by atoms with Crippen LogP contribution in [0, 0.1) is 17.5 Å². The number of ether oxygens (including phenoxy) is 2. The summed E-state index contributed by atoms with van der Waals surface area (Å²) in [5.74, 6) is -0.791. The van der Waals surface area contributed by atoms with E-state index >= 15 is 0 Å². The van der Waals surface area contributed by atoms with Crippen molar-refractivity contribution in [1.29, 1.82) is 0 Å². The van der Waals surface area contributed by atoms with Crippen LogP contribution in [0.5, 0.6) is 11.5 Å². The minimum absolute atomic E-state index is 0.180. The Morgan fingerprint density at radius 3 is 2.20 bits per heavy atom. The molecule has 0 fully saturated rings. The van der Waals surface area contributed by atoms with Gasteiger partial charge in [0.15, 0.2) is 23.4 Å². The van der Waals surface area contributed by atoms with Gasteiger partial charge in [0.25, 0.3) is 0 Å². The molecule has 30 heavy (non-hydrogen) atoms. The van der Waals surface area contributed by atoms with Gasteiger partial charge in [0.05, 0.1) is 25.3 Å². The van der Waals surface area contributed by atoms with Crippen LogP contribution >= 0.6 is 0 Å². The van der Waals surface area contributed by atoms with Crippen LogP contribution in [0.25, 0.3) is 0 Å². The van der Waals surface area contributed by atoms with Crippen molar-refractivity contribution < 1.29 is 27.2 Å². The lowest BCUT2D eigenvalue weighted by molar-refractivity contribution is -0.483. The molecule has 3 aromatic rings. The third kappa shape index (κ3) is 3.32. The SMILES string of the molecule is COc1cc2c(cc1OC)C(c1ccc(F)cc1F)=[N+](c1ccccc1F)C(C)C2. The zero-order chi connectivity index (χ0) is 21.4. The minimum Gasteiger partial charge on any atom is -0.493 e. The molecule has 0 aromatic heterocycles. The van der Waals surface area contributed by atoms with Crippen LogP contribution < -0.4 is 9.47 Å². The highest BCUT2D eigenvalue weighted by Gasteiger charge is 2.37. The third-order valence-corrected chi connectivity index (χ3v) is 5.36. The van der Waals surface area contributed by atoms with E-state index in [-0.39, 0.29) is 11.6 Å². The number of hydrogen-bond acceptors (Lipinski definition) is 2. The molecule has 154 valence electrons. The van der Waals surface area contributed by atoms with Gasteiger partial charge in [-0.3, -0.25) is 0 Å². The average Bonchev–Trinajstić information content (AvgIpc) is 2.73. The Kier molecular flexibility index (Phi) is 5.24. The van der Waals surface area contributed by atoms with Crippen LogP contribution in [-0.2, 0) is 6.42 Å². The zero-order valence-corrected chi connectivity index (χ0v) is 16.9. The summed E-state index contributed by atoms with van der Waals surface area (Å²) in [6.45, 7) is 1.94. The largest absolute Gasteiger partial charge is 0.493 e. The summed E-state index contributed by atoms with van der Waals surface area (Å²) in [5.41, 5.74) is 2.54. The molecule has 1 atom stereocenters. The van der Waals surface area contributed by atoms with E-state index in [1.807, 2.05) is 13.0 Å². The number of methoxy groups -OCH3 is 2. The number of halogens is 3. The second-order valence-corrected chi connectivity index (χ2v) is 7.21. The van der Waals surface area contributed by atoms with Gasteiger partial charge in [-0.05, 0) is 42.8 Å². The molecule has 1 aliphatic rings. The highest BCUT2D eigenvalue weighted by Crippen LogP contribution is 2.37. The predicted octanol–water partition coefficient (Wildman–Crippen LogP) is 5.25. The molecule has 0 aliphatic carbocycles. The van der Waals surface area contributed by atoms with Crippen LogP contribution in [0.15, 0.2) is 54.6 Å². The molecular formula is C24H21F3NO2+. The van der Waals surface area contributed by atoms with Gasteiger partial charge in [0.2, 0.25) is 11.4 Å². The van der Waals surface area contributed by atoms with Crippen molar-refractivity contribution in [3.8, 4) is 11.5 Å². The zero-order valence-electron chi connectivity index (χ0n) is 16.9. The summed E-state index contributed by atoms with van der Waals surface area (Å²) in [4.78, 5) is 0. The maximum absolute atomic E-state index is 14.9. The predicted molar refractivity (Wildman–Crippen MR) is 109 cm³/mol. The molecule has 1 heterocycles. The van der Waals surface area contributed by atoms with Gasteiger partial charge in [-0.25, -0.2) is 8.78 Å². The van der Waals surface area contributed by atoms with E-state index in [4.69, 9.17) is 9.47 Å². The number of benzene rings is 3. The summed E-state index contributed by atoms with van der Waals surface area (Å²) < 4.78 is 56.0. The molecule has 0 N–H and O–H groups in total. The maximum Gasteiger partial charge on any atom is 0.242 e. The second kappa shape index (κ2) is 7.86. The lowest BCUT2D eigenvalue weighted by Gasteiger charge is -2.25. The van der Waals surface area contributed by atoms with Crippen molar-refractivity contribution in [1.82, 2.24) is 0 Å². The van der Waals surface area contributed by atoms with Crippen molar-refractivity contribution in [2.24, 2.45) is 0 Å². The lowest BCUT2D eigenvalue weighted by Crippen LogP contribution is -2.35. The van der Waals surface area contributed by atoms with E-state index in [1.165, 1.54) is 25.3 Å². The van der Waals surface area contributed by atoms with Gasteiger partial charge in [-0.1, -0.05) is 12.1 Å². The van der Waals surface area contributed by atoms with Crippen LogP contribution in [0.4, 0.5) is 18.9 Å². The quantitative estimate of drug-likeness (QED) is 0.546. The van der Waals surface area contributed by atoms with Crippen molar-refractivity contribution in [3.05, 3.63) is 88.7 Å². The summed E-state index contributed by atoms with van der Waals surface area (Å²) >= 11 is 0. The lowest BCUT2D eigenvalue weighted by atomic mass is 9.88. The Labute approximate surface area is 173 Å². The molecular weight excluding hydrogens is 391 g/mol. The van der Waals surface area contributed by atoms with Gasteiger partial charge < -0.3 is 9.47 Å². The van der Waals surface area contributed by atoms with E-state index in [1.54, 1.807) is 36.0 Å². The Morgan fingerprint density at radius 1 is 0.833 bits per heavy atom. The van der Waals surface area contributed by atoms with Crippen molar-refractivity contribution in [3.63, 3.8) is 0 Å². The van der Waals surface area contributed by atoms with Crippen molar-refractivity contribution in [2.45, 2.75) is 19.4 Å². The van der Waals surface area contributed by atoms with E-state index < -0.39 is 17.5 Å². The highest BCUT2D eigenvalue weighted by molar-refractivity contribution is 6.12. The Hall–Kier alpha value is -3.28. The molecule has 6 heteroatoms. The van der Waals surface area contributed by atoms with Crippen LogP contribution in [0.1, 0.15) is 23.6 Å². The normalized spacial score (nSPS) is 15.7. The summed E-state index contributed by atoms with van der Waals surface area (Å²) in [6.07, 6.45) is 0.580. The first-order valence-electron chi connectivity index (χ1n) is 9.56. The highest BCUT2D eigenvalue weighted by atomic mass is 19.1. The van der Waals surface area contributed by atoms with Gasteiger partial charge in [0, 0.05) is 18.6 Å². The fourth-order valence-electron chi connectivity index (χ4n) is 4.03. The minimum atomic E-state index is -0.721. The molecule has 0 spiro atoms. The number of para-hydroxylation sites is 1. The van der Waals surface area contributed by atoms with Gasteiger partial charge in [-0.15, -0.1) is 0 Å². The van der Waals surface area contributed by atoms with Crippen molar-refractivity contribution >= 4 is 11.4 Å². The molecule has 0 radical (unpaired) electrons. The number of hydrogen-bond donors (Lipinski definition) is 0. The van der Waals surface area contributed by atoms with Crippen LogP contribution in [0.2, 0.25) is 0 Å². The number of fused-ring (bicyclic) bond motifs is 1. The molecule has 0 bridgehead atoms. The molecule has 0 amide bonds. The van der Waals surface area contributed by atoms with E-state index in [0.717, 1.165) is 11.6 Å². The standard InChI is InChI=1S/C24H21F3NO2/c1-14-10-15-11-22(29-2)23(30-3)13-18(15)24(17-9-8-16(25)12-20(17)27)28(14)21-7-5-4-6-19(21)26/h4-9,11-14H,10H2,1-3H3/q+1. The maximum atomic E-state index is 14.9. The molecule has 0 saturated heterocycles. The Balaban J connectivity index is 2.11. The number of rotatable bonds is 4. The topological polar surface area (TPSA) is 21.5 Å². The molecule has 4 rings (SSSR count). The third-order valence-electron chi connectivity index (χ3n) is 5.36. The summed E-state index contributed by atoms with van der Waals surface area (Å²) in [7, 11) is 3.06. The monoisotopic (exact) mass is 412 g/mol. The van der Waals surface area contributed by atoms with Gasteiger partial charge >= 0.3 is 0 Å². The Morgan fingerprint density at radius 2 is 1.53 bits per heavy atom. The molecule has 1 aliphatic heterocycles. The van der Waals surface area contributed by atoms with E-state index in [2.05, 4.69) is 0 Å². The van der Waals surface area contributed by atoms with Gasteiger partial charge in [0.1, 0.15) is 11.6 Å². The summed E-state index contributed by atoms with van der Waals surface area (Å²) in [5, 5.41) is 0. The van der Waals surface area contributed by atoms with Crippen LogP contribution in [0.3, 0.4) is 0 Å². The fraction of sp³-hybridized carbons (Fsp3) is 0.208. The van der Waals surface area contributed by atoms with Crippen molar-refractivity contribution in [2.75, 3.05) is 14.2 Å². The van der Waals surface area contributed by atoms with Gasteiger partial charge in [-0.2, -0.15) is 8.97 Å². The van der Waals surface area contributed by atoms with E-state index in [0.29, 0.717) is 34.9 Å². The Bertz CT molecular complexity index is 1160. The second-order valence-electron chi connectivity index (χ2n) is 7.21. The molecule has 1 unspecified atom stereocenters. The molecule has 0 saturated carbocycles. The summed E-state index contributed by atoms with van der Waals surface area (Å²) in [6, 6.07) is 13.2. The van der Waals surface area contributed by atoms with Crippen LogP contribution in [-0.4, -0.2) is 30.5 Å². The first-order valence-corrected chi connectivity index (χ1v) is 9.56. The number of nitrogens with zero attached hydrogens (tertiary/aromatic N) is 1. The first-order chi connectivity index (χ1) is 14.4. The molecule has 3 aromatic carbocycles. The average molecular weight is 412 g/mol.